The maximum atomic E-state index is 12.2. The van der Waals surface area contributed by atoms with Crippen LogP contribution in [0.1, 0.15) is 5.69 Å². The van der Waals surface area contributed by atoms with E-state index in [1.165, 1.54) is 18.6 Å². The lowest BCUT2D eigenvalue weighted by Gasteiger charge is -2.39. The molecule has 0 bridgehead atoms. The van der Waals surface area contributed by atoms with E-state index in [9.17, 15) is 18.0 Å². The normalized spacial score (nSPS) is 21.0. The Morgan fingerprint density at radius 3 is 2.79 bits per heavy atom. The summed E-state index contributed by atoms with van der Waals surface area (Å²) in [5, 5.41) is 16.1. The van der Waals surface area contributed by atoms with E-state index in [0.29, 0.717) is 0 Å². The number of nitrogen functional groups attached to an aromatic ring is 1. The minimum atomic E-state index is -4.90. The average molecular weight is 374 g/mol. The number of hydrogen-bond donors (Lipinski definition) is 3. The highest BCUT2D eigenvalue weighted by Gasteiger charge is 2.54. The van der Waals surface area contributed by atoms with Gasteiger partial charge in [-0.2, -0.15) is 18.0 Å². The molecule has 0 radical (unpaired) electrons. The summed E-state index contributed by atoms with van der Waals surface area (Å²) in [7, 11) is -3.72. The van der Waals surface area contributed by atoms with Gasteiger partial charge in [0.1, 0.15) is 18.8 Å². The molecule has 2 heterocycles. The Morgan fingerprint density at radius 1 is 1.67 bits per heavy atom. The van der Waals surface area contributed by atoms with Gasteiger partial charge in [-0.1, -0.05) is 5.16 Å². The topological polar surface area (TPSA) is 188 Å². The lowest BCUT2D eigenvalue weighted by atomic mass is 10.00. The maximum Gasteiger partial charge on any atom is 0.363 e. The third kappa shape index (κ3) is 3.13. The van der Waals surface area contributed by atoms with Crippen molar-refractivity contribution < 1.29 is 27.4 Å². The molecule has 1 saturated heterocycles. The van der Waals surface area contributed by atoms with Crippen LogP contribution in [0.4, 0.5) is 5.13 Å². The number of amides is 2. The van der Waals surface area contributed by atoms with Crippen molar-refractivity contribution in [2.24, 2.45) is 5.16 Å². The van der Waals surface area contributed by atoms with Crippen LogP contribution in [-0.4, -0.2) is 59.0 Å². The van der Waals surface area contributed by atoms with Crippen molar-refractivity contribution in [3.8, 4) is 6.07 Å². The van der Waals surface area contributed by atoms with Crippen LogP contribution < -0.4 is 11.1 Å². The van der Waals surface area contributed by atoms with Gasteiger partial charge >= 0.3 is 10.3 Å². The third-order valence-corrected chi connectivity index (χ3v) is 4.46. The minimum absolute atomic E-state index is 0.0358. The van der Waals surface area contributed by atoms with E-state index in [1.54, 1.807) is 0 Å². The fourth-order valence-corrected chi connectivity index (χ4v) is 3.23. The number of nitrogens with zero attached hydrogens (tertiary/aromatic N) is 4. The van der Waals surface area contributed by atoms with E-state index in [0.717, 1.165) is 11.3 Å². The quantitative estimate of drug-likeness (QED) is 0.229. The first-order chi connectivity index (χ1) is 11.2. The first-order valence-electron chi connectivity index (χ1n) is 6.04. The second kappa shape index (κ2) is 6.39. The second-order valence-electron chi connectivity index (χ2n) is 4.33. The van der Waals surface area contributed by atoms with Crippen LogP contribution in [0.25, 0.3) is 0 Å². The lowest BCUT2D eigenvalue weighted by Crippen LogP contribution is -2.71. The summed E-state index contributed by atoms with van der Waals surface area (Å²) in [6.45, 7) is 0. The zero-order valence-electron chi connectivity index (χ0n) is 11.9. The van der Waals surface area contributed by atoms with E-state index in [4.69, 9.17) is 15.5 Å². The number of oxime groups is 1. The second-order valence-corrected chi connectivity index (χ2v) is 6.51. The summed E-state index contributed by atoms with van der Waals surface area (Å²) in [6, 6.07) is -1.55. The molecule has 4 N–H and O–H groups in total. The third-order valence-electron chi connectivity index (χ3n) is 2.88. The smallest absolute Gasteiger partial charge is 0.363 e. The molecular formula is C10H10N6O6S2. The van der Waals surface area contributed by atoms with Crippen LogP contribution in [0.3, 0.4) is 0 Å². The average Bonchev–Trinajstić information content (AvgIpc) is 2.91. The highest BCUT2D eigenvalue weighted by atomic mass is 32.2. The van der Waals surface area contributed by atoms with Gasteiger partial charge in [-0.15, -0.1) is 11.3 Å². The number of aromatic nitrogens is 1. The monoisotopic (exact) mass is 374 g/mol. The number of hydrogen-bond acceptors (Lipinski definition) is 10. The van der Waals surface area contributed by atoms with Gasteiger partial charge in [0.2, 0.25) is 0 Å². The molecule has 12 nitrogen and oxygen atoms in total. The van der Waals surface area contributed by atoms with Crippen molar-refractivity contribution in [2.45, 2.75) is 12.1 Å². The molecule has 0 spiro atoms. The molecule has 1 aromatic rings. The Kier molecular flexibility index (Phi) is 4.68. The van der Waals surface area contributed by atoms with Crippen molar-refractivity contribution >= 4 is 44.3 Å². The molecule has 1 fully saturated rings. The van der Waals surface area contributed by atoms with E-state index in [2.05, 4.69) is 20.3 Å². The highest BCUT2D eigenvalue weighted by molar-refractivity contribution is 7.84. The van der Waals surface area contributed by atoms with Crippen molar-refractivity contribution in [1.82, 2.24) is 14.6 Å². The van der Waals surface area contributed by atoms with Gasteiger partial charge in [-0.3, -0.25) is 14.1 Å². The van der Waals surface area contributed by atoms with Crippen LogP contribution in [-0.2, 0) is 24.7 Å². The number of rotatable bonds is 5. The molecule has 2 rings (SSSR count). The van der Waals surface area contributed by atoms with E-state index >= 15 is 0 Å². The summed E-state index contributed by atoms with van der Waals surface area (Å²) in [5.74, 6) is -2.09. The summed E-state index contributed by atoms with van der Waals surface area (Å²) in [5.41, 5.74) is 5.22. The van der Waals surface area contributed by atoms with Gasteiger partial charge in [0, 0.05) is 5.38 Å². The number of thiazole rings is 1. The number of nitrogens with one attached hydrogen (secondary N) is 1. The zero-order chi connectivity index (χ0) is 18.1. The molecule has 1 aliphatic heterocycles. The standard InChI is InChI=1S/C10H10N6O6S2/c1-22-15-6(4-3-23-10(12)13-4)8(17)14-7-5(2-11)16(9(7)18)24(19,20)21/h3,5,7H,1H3,(H2,12,13)(H,14,17)(H,19,20,21)/t5-,7+/m1/s1. The van der Waals surface area contributed by atoms with Crippen LogP contribution >= 0.6 is 11.3 Å². The lowest BCUT2D eigenvalue weighted by molar-refractivity contribution is -0.142. The first-order valence-corrected chi connectivity index (χ1v) is 8.32. The molecule has 0 saturated carbocycles. The molecule has 1 aromatic heterocycles. The summed E-state index contributed by atoms with van der Waals surface area (Å²) in [6.07, 6.45) is 0. The van der Waals surface area contributed by atoms with Crippen molar-refractivity contribution in [2.75, 3.05) is 12.8 Å². The van der Waals surface area contributed by atoms with E-state index < -0.39 is 34.2 Å². The van der Waals surface area contributed by atoms with Gasteiger partial charge < -0.3 is 15.9 Å². The van der Waals surface area contributed by atoms with Crippen molar-refractivity contribution in [1.29, 1.82) is 5.26 Å². The maximum absolute atomic E-state index is 12.2. The molecule has 0 unspecified atom stereocenters. The van der Waals surface area contributed by atoms with Gasteiger partial charge in [-0.25, -0.2) is 4.98 Å². The molecule has 24 heavy (non-hydrogen) atoms. The number of nitrogens with two attached hydrogens (primary N) is 1. The largest absolute Gasteiger partial charge is 0.398 e. The minimum Gasteiger partial charge on any atom is -0.398 e. The Labute approximate surface area is 139 Å². The Bertz CT molecular complexity index is 855. The van der Waals surface area contributed by atoms with Gasteiger partial charge in [0.15, 0.2) is 16.9 Å². The molecule has 1 aliphatic rings. The molecule has 2 atom stereocenters. The number of carbonyl (C=O) groups is 2. The molecule has 0 aliphatic carbocycles. The fraction of sp³-hybridized carbons (Fsp3) is 0.300. The van der Waals surface area contributed by atoms with Crippen molar-refractivity contribution in [3.05, 3.63) is 11.1 Å². The number of carbonyl (C=O) groups excluding carboxylic acids is 2. The van der Waals surface area contributed by atoms with Gasteiger partial charge in [-0.05, 0) is 0 Å². The van der Waals surface area contributed by atoms with E-state index in [-0.39, 0.29) is 20.8 Å². The SMILES string of the molecule is CON=C(C(=O)N[C@@H]1C(=O)N(S(=O)(=O)O)[C@@H]1C#N)c1csc(N)n1. The Morgan fingerprint density at radius 2 is 2.33 bits per heavy atom. The number of β-lactam (4-membered cyclic amide) rings is 1. The zero-order valence-corrected chi connectivity index (χ0v) is 13.5. The molecule has 2 amide bonds. The summed E-state index contributed by atoms with van der Waals surface area (Å²) >= 11 is 1.03. The fourth-order valence-electron chi connectivity index (χ4n) is 1.89. The molecule has 14 heteroatoms. The van der Waals surface area contributed by atoms with Crippen LogP contribution in [0.5, 0.6) is 0 Å². The van der Waals surface area contributed by atoms with Crippen molar-refractivity contribution in [3.63, 3.8) is 0 Å². The number of nitriles is 1. The van der Waals surface area contributed by atoms with Crippen LogP contribution in [0.2, 0.25) is 0 Å². The molecule has 0 aromatic carbocycles. The highest BCUT2D eigenvalue weighted by Crippen LogP contribution is 2.23. The summed E-state index contributed by atoms with van der Waals surface area (Å²) in [4.78, 5) is 32.3. The van der Waals surface area contributed by atoms with Gasteiger partial charge in [0.05, 0.1) is 6.07 Å². The predicted octanol–water partition coefficient (Wildman–Crippen LogP) is -1.90. The van der Waals surface area contributed by atoms with Gasteiger partial charge in [0.25, 0.3) is 11.8 Å². The molecule has 128 valence electrons. The van der Waals surface area contributed by atoms with Crippen LogP contribution in [0.15, 0.2) is 10.5 Å². The Hall–Kier alpha value is -2.76. The van der Waals surface area contributed by atoms with Crippen LogP contribution in [0, 0.1) is 11.3 Å². The van der Waals surface area contributed by atoms with E-state index in [1.807, 2.05) is 0 Å². The predicted molar refractivity (Wildman–Crippen MR) is 79.8 cm³/mol. The first kappa shape index (κ1) is 17.6. The molecular weight excluding hydrogens is 364 g/mol. The Balaban J connectivity index is 2.21. The summed E-state index contributed by atoms with van der Waals surface area (Å²) < 4.78 is 30.9. The number of anilines is 1.